The summed E-state index contributed by atoms with van der Waals surface area (Å²) in [6, 6.07) is 11.0. The molecule has 4 N–H and O–H groups in total. The molecule has 160 valence electrons. The fourth-order valence-electron chi connectivity index (χ4n) is 2.13. The molecule has 0 heterocycles. The minimum Gasteiger partial charge on any atom is -0.493 e. The fraction of sp³-hybridized carbons (Fsp3) is 0.235. The van der Waals surface area contributed by atoms with Gasteiger partial charge in [0.15, 0.2) is 0 Å². The number of nitrogens with two attached hydrogens (primary N) is 2. The summed E-state index contributed by atoms with van der Waals surface area (Å²) in [6.07, 6.45) is 0.530. The maximum Gasteiger partial charge on any atom is 0.339 e. The first-order valence-electron chi connectivity index (χ1n) is 8.09. The summed E-state index contributed by atoms with van der Waals surface area (Å²) in [5.74, 6) is 0.463. The van der Waals surface area contributed by atoms with Gasteiger partial charge in [-0.25, -0.2) is 0 Å². The van der Waals surface area contributed by atoms with E-state index in [0.29, 0.717) is 23.7 Å². The van der Waals surface area contributed by atoms with E-state index in [1.165, 1.54) is 18.2 Å². The zero-order valence-electron chi connectivity index (χ0n) is 15.4. The number of nitrogens with zero attached hydrogens (tertiary/aromatic N) is 1. The minimum atomic E-state index is -4.01. The van der Waals surface area contributed by atoms with Crippen LogP contribution in [0.25, 0.3) is 0 Å². The van der Waals surface area contributed by atoms with Crippen molar-refractivity contribution < 1.29 is 22.2 Å². The molecule has 0 saturated carbocycles. The van der Waals surface area contributed by atoms with Crippen molar-refractivity contribution in [2.45, 2.75) is 23.1 Å². The SMILES string of the molecule is Cc1cc(OCCCON=C(N)N)cc(OS(=O)(=O)c2cccc(SCl)c2)c1.Cl. The summed E-state index contributed by atoms with van der Waals surface area (Å²) in [4.78, 5) is 5.47. The van der Waals surface area contributed by atoms with E-state index in [9.17, 15) is 8.42 Å². The van der Waals surface area contributed by atoms with Gasteiger partial charge < -0.3 is 25.2 Å². The lowest BCUT2D eigenvalue weighted by Gasteiger charge is -2.11. The number of hydrogen-bond donors (Lipinski definition) is 2. The van der Waals surface area contributed by atoms with Gasteiger partial charge in [-0.2, -0.15) is 8.42 Å². The average Bonchev–Trinajstić information content (AvgIpc) is 2.63. The van der Waals surface area contributed by atoms with E-state index < -0.39 is 10.1 Å². The fourth-order valence-corrected chi connectivity index (χ4v) is 3.76. The molecule has 0 amide bonds. The van der Waals surface area contributed by atoms with Crippen LogP contribution in [-0.4, -0.2) is 27.6 Å². The van der Waals surface area contributed by atoms with E-state index in [4.69, 9.17) is 35.9 Å². The molecule has 29 heavy (non-hydrogen) atoms. The Morgan fingerprint density at radius 3 is 2.55 bits per heavy atom. The quantitative estimate of drug-likeness (QED) is 0.174. The number of oxime groups is 1. The van der Waals surface area contributed by atoms with Crippen LogP contribution in [0.15, 0.2) is 57.4 Å². The molecule has 12 heteroatoms. The second kappa shape index (κ2) is 11.9. The molecule has 0 unspecified atom stereocenters. The van der Waals surface area contributed by atoms with E-state index >= 15 is 0 Å². The first-order valence-corrected chi connectivity index (χ1v) is 11.1. The minimum absolute atomic E-state index is 0. The van der Waals surface area contributed by atoms with Gasteiger partial charge in [-0.1, -0.05) is 6.07 Å². The molecule has 0 aromatic heterocycles. The van der Waals surface area contributed by atoms with Crippen molar-refractivity contribution in [1.29, 1.82) is 0 Å². The van der Waals surface area contributed by atoms with Gasteiger partial charge in [0, 0.05) is 17.4 Å². The van der Waals surface area contributed by atoms with Gasteiger partial charge in [0.2, 0.25) is 5.96 Å². The van der Waals surface area contributed by atoms with Crippen LogP contribution < -0.4 is 20.4 Å². The zero-order valence-corrected chi connectivity index (χ0v) is 18.6. The molecule has 0 fully saturated rings. The van der Waals surface area contributed by atoms with Gasteiger partial charge in [-0.15, -0.1) is 12.4 Å². The van der Waals surface area contributed by atoms with E-state index in [0.717, 1.165) is 16.5 Å². The van der Waals surface area contributed by atoms with Crippen LogP contribution >= 0.6 is 34.1 Å². The van der Waals surface area contributed by atoms with E-state index in [2.05, 4.69) is 5.16 Å². The first kappa shape index (κ1) is 25.0. The first-order chi connectivity index (χ1) is 13.3. The number of hydrogen-bond acceptors (Lipinski definition) is 7. The smallest absolute Gasteiger partial charge is 0.339 e. The van der Waals surface area contributed by atoms with Crippen LogP contribution in [0.3, 0.4) is 0 Å². The Morgan fingerprint density at radius 2 is 1.86 bits per heavy atom. The summed E-state index contributed by atoms with van der Waals surface area (Å²) in [7, 11) is 2.60. The number of aryl methyl sites for hydroxylation is 1. The molecule has 0 bridgehead atoms. The van der Waals surface area contributed by atoms with Crippen LogP contribution in [0, 0.1) is 6.92 Å². The Morgan fingerprint density at radius 1 is 1.14 bits per heavy atom. The van der Waals surface area contributed by atoms with Crippen molar-refractivity contribution >= 4 is 50.1 Å². The van der Waals surface area contributed by atoms with Crippen LogP contribution in [0.5, 0.6) is 11.5 Å². The van der Waals surface area contributed by atoms with Gasteiger partial charge in [-0.3, -0.25) is 0 Å². The lowest BCUT2D eigenvalue weighted by Crippen LogP contribution is -2.23. The van der Waals surface area contributed by atoms with Gasteiger partial charge in [-0.05, 0) is 69.6 Å². The Kier molecular flexibility index (Phi) is 10.2. The van der Waals surface area contributed by atoms with Crippen LogP contribution in [-0.2, 0) is 15.0 Å². The van der Waals surface area contributed by atoms with Crippen LogP contribution in [0.1, 0.15) is 12.0 Å². The monoisotopic (exact) mass is 481 g/mol. The second-order valence-electron chi connectivity index (χ2n) is 5.62. The Hall–Kier alpha value is -2.01. The molecule has 2 rings (SSSR count). The lowest BCUT2D eigenvalue weighted by molar-refractivity contribution is 0.127. The number of rotatable bonds is 10. The summed E-state index contributed by atoms with van der Waals surface area (Å²) in [5.41, 5.74) is 11.1. The molecule has 0 aliphatic heterocycles. The number of halogens is 2. The molecule has 2 aromatic carbocycles. The number of guanidine groups is 1. The summed E-state index contributed by atoms with van der Waals surface area (Å²) in [6.45, 7) is 2.40. The predicted octanol–water partition coefficient (Wildman–Crippen LogP) is 3.40. The predicted molar refractivity (Wildman–Crippen MR) is 116 cm³/mol. The molecule has 0 aliphatic rings. The molecule has 0 atom stereocenters. The highest BCUT2D eigenvalue weighted by Crippen LogP contribution is 2.28. The highest BCUT2D eigenvalue weighted by molar-refractivity contribution is 8.21. The maximum absolute atomic E-state index is 12.5. The molecule has 0 saturated heterocycles. The largest absolute Gasteiger partial charge is 0.493 e. The third-order valence-corrected chi connectivity index (χ3v) is 5.44. The van der Waals surface area contributed by atoms with E-state index in [1.54, 1.807) is 31.2 Å². The van der Waals surface area contributed by atoms with Crippen molar-refractivity contribution in [3.63, 3.8) is 0 Å². The van der Waals surface area contributed by atoms with Crippen LogP contribution in [0.4, 0.5) is 0 Å². The Balaban J connectivity index is 0.00000420. The zero-order chi connectivity index (χ0) is 20.6. The molecule has 8 nitrogen and oxygen atoms in total. The maximum atomic E-state index is 12.5. The molecule has 0 aliphatic carbocycles. The van der Waals surface area contributed by atoms with E-state index in [1.807, 2.05) is 0 Å². The third kappa shape index (κ3) is 8.48. The average molecular weight is 482 g/mol. The van der Waals surface area contributed by atoms with Crippen molar-refractivity contribution in [3.8, 4) is 11.5 Å². The standard InChI is InChI=1S/C17H20ClN3O5S2.ClH/c1-12-8-13(24-6-3-7-25-21-17(19)20)10-14(9-12)26-28(22,23)16-5-2-4-15(11-16)27-18;/h2,4-5,8-11H,3,6-7H2,1H3,(H4,19,20,21);1H. The molecule has 2 aromatic rings. The van der Waals surface area contributed by atoms with E-state index in [-0.39, 0.29) is 35.6 Å². The number of ether oxygens (including phenoxy) is 1. The van der Waals surface area contributed by atoms with Gasteiger partial charge in [0.05, 0.1) is 6.61 Å². The van der Waals surface area contributed by atoms with Gasteiger partial charge >= 0.3 is 10.1 Å². The molecular formula is C17H21Cl2N3O5S2. The number of benzene rings is 2. The lowest BCUT2D eigenvalue weighted by atomic mass is 10.2. The van der Waals surface area contributed by atoms with Crippen molar-refractivity contribution in [3.05, 3.63) is 48.0 Å². The highest BCUT2D eigenvalue weighted by atomic mass is 35.7. The van der Waals surface area contributed by atoms with Crippen molar-refractivity contribution in [2.75, 3.05) is 13.2 Å². The topological polar surface area (TPSA) is 126 Å². The Bertz CT molecular complexity index is 938. The van der Waals surface area contributed by atoms with Gasteiger partial charge in [0.1, 0.15) is 23.0 Å². The summed E-state index contributed by atoms with van der Waals surface area (Å²) in [5, 5.41) is 3.40. The van der Waals surface area contributed by atoms with Crippen molar-refractivity contribution in [1.82, 2.24) is 0 Å². The summed E-state index contributed by atoms with van der Waals surface area (Å²) < 4.78 is 35.9. The normalized spacial score (nSPS) is 10.6. The van der Waals surface area contributed by atoms with Crippen LogP contribution in [0.2, 0.25) is 0 Å². The van der Waals surface area contributed by atoms with Crippen molar-refractivity contribution in [2.24, 2.45) is 16.6 Å². The molecular weight excluding hydrogens is 461 g/mol. The third-order valence-electron chi connectivity index (χ3n) is 3.23. The molecule has 0 spiro atoms. The second-order valence-corrected chi connectivity index (χ2v) is 8.26. The Labute approximate surface area is 184 Å². The van der Waals surface area contributed by atoms with Gasteiger partial charge in [0.25, 0.3) is 0 Å². The summed E-state index contributed by atoms with van der Waals surface area (Å²) >= 11 is 0. The highest BCUT2D eigenvalue weighted by Gasteiger charge is 2.18. The molecule has 0 radical (unpaired) electrons.